The van der Waals surface area contributed by atoms with Crippen molar-refractivity contribution in [2.45, 2.75) is 33.1 Å². The van der Waals surface area contributed by atoms with E-state index in [1.54, 1.807) is 0 Å². The number of hydrogen-bond acceptors (Lipinski definition) is 2. The van der Waals surface area contributed by atoms with E-state index in [2.05, 4.69) is 23.2 Å². The molecule has 0 atom stereocenters. The van der Waals surface area contributed by atoms with E-state index in [1.165, 1.54) is 12.8 Å². The molecule has 1 rings (SSSR count). The molecule has 60 valence electrons. The maximum atomic E-state index is 4.07. The monoisotopic (exact) mass is 150 g/mol. The van der Waals surface area contributed by atoms with Crippen LogP contribution in [0, 0.1) is 6.92 Å². The predicted octanol–water partition coefficient (Wildman–Crippen LogP) is 2.13. The molecular weight excluding hydrogens is 136 g/mol. The Labute approximate surface area is 67.7 Å². The molecule has 1 aromatic heterocycles. The summed E-state index contributed by atoms with van der Waals surface area (Å²) in [4.78, 5) is 0. The van der Waals surface area contributed by atoms with Crippen LogP contribution in [-0.2, 0) is 6.42 Å². The molecule has 0 saturated heterocycles. The SMILES string of the molecule is CCCCc1ccc(C)nn1. The summed E-state index contributed by atoms with van der Waals surface area (Å²) in [5.74, 6) is 0. The van der Waals surface area contributed by atoms with E-state index >= 15 is 0 Å². The minimum Gasteiger partial charge on any atom is -0.156 e. The minimum absolute atomic E-state index is 0.991. The topological polar surface area (TPSA) is 25.8 Å². The summed E-state index contributed by atoms with van der Waals surface area (Å²) in [7, 11) is 0. The van der Waals surface area contributed by atoms with Crippen LogP contribution in [0.3, 0.4) is 0 Å². The Kier molecular flexibility index (Phi) is 3.02. The van der Waals surface area contributed by atoms with Crippen molar-refractivity contribution in [3.8, 4) is 0 Å². The molecule has 0 unspecified atom stereocenters. The van der Waals surface area contributed by atoms with Crippen molar-refractivity contribution in [2.75, 3.05) is 0 Å². The molecule has 0 saturated carbocycles. The largest absolute Gasteiger partial charge is 0.156 e. The van der Waals surface area contributed by atoms with E-state index in [1.807, 2.05) is 13.0 Å². The second kappa shape index (κ2) is 4.06. The fourth-order valence-corrected chi connectivity index (χ4v) is 0.918. The van der Waals surface area contributed by atoms with Gasteiger partial charge in [-0.05, 0) is 31.9 Å². The maximum absolute atomic E-state index is 4.07. The van der Waals surface area contributed by atoms with Gasteiger partial charge in [-0.25, -0.2) is 0 Å². The molecule has 0 radical (unpaired) electrons. The van der Waals surface area contributed by atoms with E-state index in [0.717, 1.165) is 17.8 Å². The van der Waals surface area contributed by atoms with Gasteiger partial charge in [0.1, 0.15) is 0 Å². The number of rotatable bonds is 3. The summed E-state index contributed by atoms with van der Waals surface area (Å²) >= 11 is 0. The molecule has 0 aliphatic heterocycles. The van der Waals surface area contributed by atoms with Crippen molar-refractivity contribution < 1.29 is 0 Å². The van der Waals surface area contributed by atoms with Gasteiger partial charge in [0.05, 0.1) is 11.4 Å². The Bertz CT molecular complexity index is 203. The lowest BCUT2D eigenvalue weighted by Gasteiger charge is -1.96. The van der Waals surface area contributed by atoms with Crippen LogP contribution in [0.25, 0.3) is 0 Å². The Balaban J connectivity index is 2.52. The van der Waals surface area contributed by atoms with Crippen molar-refractivity contribution in [1.82, 2.24) is 10.2 Å². The molecule has 0 bridgehead atoms. The van der Waals surface area contributed by atoms with E-state index in [-0.39, 0.29) is 0 Å². The highest BCUT2D eigenvalue weighted by molar-refractivity contribution is 5.05. The number of hydrogen-bond donors (Lipinski definition) is 0. The van der Waals surface area contributed by atoms with Gasteiger partial charge in [-0.2, -0.15) is 10.2 Å². The Morgan fingerprint density at radius 2 is 2.09 bits per heavy atom. The molecule has 1 heterocycles. The highest BCUT2D eigenvalue weighted by Crippen LogP contribution is 2.00. The molecule has 0 aliphatic rings. The van der Waals surface area contributed by atoms with E-state index < -0.39 is 0 Å². The number of aryl methyl sites for hydroxylation is 2. The van der Waals surface area contributed by atoms with Gasteiger partial charge in [0.25, 0.3) is 0 Å². The van der Waals surface area contributed by atoms with E-state index in [9.17, 15) is 0 Å². The van der Waals surface area contributed by atoms with E-state index in [4.69, 9.17) is 0 Å². The first-order chi connectivity index (χ1) is 5.33. The van der Waals surface area contributed by atoms with Crippen molar-refractivity contribution >= 4 is 0 Å². The summed E-state index contributed by atoms with van der Waals surface area (Å²) in [6.07, 6.45) is 3.48. The first kappa shape index (κ1) is 8.18. The van der Waals surface area contributed by atoms with Crippen LogP contribution in [0.15, 0.2) is 12.1 Å². The third-order valence-corrected chi connectivity index (χ3v) is 1.64. The molecule has 0 N–H and O–H groups in total. The molecule has 0 aliphatic carbocycles. The molecule has 1 aromatic rings. The second-order valence-electron chi connectivity index (χ2n) is 2.77. The van der Waals surface area contributed by atoms with Gasteiger partial charge in [-0.3, -0.25) is 0 Å². The highest BCUT2D eigenvalue weighted by Gasteiger charge is 1.92. The molecule has 2 heteroatoms. The van der Waals surface area contributed by atoms with Crippen LogP contribution in [0.4, 0.5) is 0 Å². The zero-order valence-electron chi connectivity index (χ0n) is 7.17. The van der Waals surface area contributed by atoms with Crippen LogP contribution in [0.1, 0.15) is 31.2 Å². The summed E-state index contributed by atoms with van der Waals surface area (Å²) < 4.78 is 0. The third kappa shape index (κ3) is 2.66. The minimum atomic E-state index is 0.991. The second-order valence-corrected chi connectivity index (χ2v) is 2.77. The van der Waals surface area contributed by atoms with Gasteiger partial charge in [-0.15, -0.1) is 0 Å². The van der Waals surface area contributed by atoms with Crippen molar-refractivity contribution in [2.24, 2.45) is 0 Å². The number of aromatic nitrogens is 2. The Morgan fingerprint density at radius 1 is 1.27 bits per heavy atom. The third-order valence-electron chi connectivity index (χ3n) is 1.64. The van der Waals surface area contributed by atoms with Crippen molar-refractivity contribution in [3.63, 3.8) is 0 Å². The van der Waals surface area contributed by atoms with Crippen LogP contribution < -0.4 is 0 Å². The maximum Gasteiger partial charge on any atom is 0.0631 e. The van der Waals surface area contributed by atoms with E-state index in [0.29, 0.717) is 0 Å². The quantitative estimate of drug-likeness (QED) is 0.659. The molecular formula is C9H14N2. The fourth-order valence-electron chi connectivity index (χ4n) is 0.918. The average Bonchev–Trinajstić information content (AvgIpc) is 2.04. The summed E-state index contributed by atoms with van der Waals surface area (Å²) in [6.45, 7) is 4.14. The summed E-state index contributed by atoms with van der Waals surface area (Å²) in [5, 5.41) is 8.05. The van der Waals surface area contributed by atoms with Crippen molar-refractivity contribution in [1.29, 1.82) is 0 Å². The van der Waals surface area contributed by atoms with Gasteiger partial charge in [0.2, 0.25) is 0 Å². The number of nitrogens with zero attached hydrogens (tertiary/aromatic N) is 2. The zero-order chi connectivity index (χ0) is 8.10. The lowest BCUT2D eigenvalue weighted by molar-refractivity contribution is 0.755. The molecule has 0 aromatic carbocycles. The molecule has 2 nitrogen and oxygen atoms in total. The molecule has 0 amide bonds. The van der Waals surface area contributed by atoms with Gasteiger partial charge in [0, 0.05) is 0 Å². The molecule has 0 spiro atoms. The smallest absolute Gasteiger partial charge is 0.0631 e. The molecule has 11 heavy (non-hydrogen) atoms. The Hall–Kier alpha value is -0.920. The van der Waals surface area contributed by atoms with Gasteiger partial charge >= 0.3 is 0 Å². The summed E-state index contributed by atoms with van der Waals surface area (Å²) in [6, 6.07) is 4.07. The van der Waals surface area contributed by atoms with Crippen molar-refractivity contribution in [3.05, 3.63) is 23.5 Å². The Morgan fingerprint density at radius 3 is 2.64 bits per heavy atom. The molecule has 0 fully saturated rings. The van der Waals surface area contributed by atoms with Crippen LogP contribution in [0.2, 0.25) is 0 Å². The zero-order valence-corrected chi connectivity index (χ0v) is 7.17. The van der Waals surface area contributed by atoms with Gasteiger partial charge in [0.15, 0.2) is 0 Å². The lowest BCUT2D eigenvalue weighted by atomic mass is 10.2. The van der Waals surface area contributed by atoms with Gasteiger partial charge < -0.3 is 0 Å². The highest BCUT2D eigenvalue weighted by atomic mass is 15.1. The standard InChI is InChI=1S/C9H14N2/c1-3-4-5-9-7-6-8(2)10-11-9/h6-7H,3-5H2,1-2H3. The van der Waals surface area contributed by atoms with Crippen LogP contribution in [-0.4, -0.2) is 10.2 Å². The normalized spacial score (nSPS) is 10.0. The van der Waals surface area contributed by atoms with Crippen LogP contribution in [0.5, 0.6) is 0 Å². The van der Waals surface area contributed by atoms with Gasteiger partial charge in [-0.1, -0.05) is 13.3 Å². The average molecular weight is 150 g/mol. The summed E-state index contributed by atoms with van der Waals surface area (Å²) in [5.41, 5.74) is 2.10. The predicted molar refractivity (Wildman–Crippen MR) is 45.4 cm³/mol. The lowest BCUT2D eigenvalue weighted by Crippen LogP contribution is -1.93. The fraction of sp³-hybridized carbons (Fsp3) is 0.556. The first-order valence-electron chi connectivity index (χ1n) is 4.12. The van der Waals surface area contributed by atoms with Crippen LogP contribution >= 0.6 is 0 Å². The number of unbranched alkanes of at least 4 members (excludes halogenated alkanes) is 1. The first-order valence-corrected chi connectivity index (χ1v) is 4.12.